The molecule has 0 radical (unpaired) electrons. The first kappa shape index (κ1) is 18.2. The summed E-state index contributed by atoms with van der Waals surface area (Å²) in [6, 6.07) is 0. The molecule has 130 valence electrons. The van der Waals surface area contributed by atoms with Crippen molar-refractivity contribution in [1.82, 2.24) is 9.80 Å². The van der Waals surface area contributed by atoms with Crippen LogP contribution in [0.4, 0.5) is 0 Å². The monoisotopic (exact) mass is 312 g/mol. The molecule has 1 heterocycles. The summed E-state index contributed by atoms with van der Waals surface area (Å²) in [5.74, 6) is 0.730. The van der Waals surface area contributed by atoms with Crippen molar-refractivity contribution in [3.63, 3.8) is 0 Å². The van der Waals surface area contributed by atoms with E-state index in [0.29, 0.717) is 18.1 Å². The van der Waals surface area contributed by atoms with Crippen LogP contribution in [0.25, 0.3) is 0 Å². The third-order valence-corrected chi connectivity index (χ3v) is 5.25. The summed E-state index contributed by atoms with van der Waals surface area (Å²) in [5, 5.41) is 10.3. The van der Waals surface area contributed by atoms with E-state index in [-0.39, 0.29) is 6.10 Å². The first-order valence-corrected chi connectivity index (χ1v) is 9.12. The lowest BCUT2D eigenvalue weighted by atomic mass is 9.71. The van der Waals surface area contributed by atoms with Crippen LogP contribution in [0, 0.1) is 11.3 Å². The van der Waals surface area contributed by atoms with E-state index in [2.05, 4.69) is 37.5 Å². The summed E-state index contributed by atoms with van der Waals surface area (Å²) < 4.78 is 6.05. The number of hydrogen-bond donors (Lipinski definition) is 1. The fraction of sp³-hybridized carbons (Fsp3) is 1.00. The van der Waals surface area contributed by atoms with Gasteiger partial charge in [0.05, 0.1) is 18.8 Å². The molecule has 4 nitrogen and oxygen atoms in total. The molecule has 4 heteroatoms. The molecule has 1 aliphatic carbocycles. The molecular weight excluding hydrogens is 276 g/mol. The predicted molar refractivity (Wildman–Crippen MR) is 91.1 cm³/mol. The molecule has 1 saturated heterocycles. The Bertz CT molecular complexity index is 327. The SMILES string of the molecule is CCN1CCN(CC(O)COC2CC(C)CC(C)(C)C2)CC1. The van der Waals surface area contributed by atoms with Crippen LogP contribution in [-0.4, -0.2) is 73.0 Å². The lowest BCUT2D eigenvalue weighted by Gasteiger charge is -2.39. The maximum absolute atomic E-state index is 10.3. The minimum atomic E-state index is -0.353. The van der Waals surface area contributed by atoms with Crippen molar-refractivity contribution in [1.29, 1.82) is 0 Å². The van der Waals surface area contributed by atoms with Gasteiger partial charge < -0.3 is 14.7 Å². The summed E-state index contributed by atoms with van der Waals surface area (Å²) >= 11 is 0. The van der Waals surface area contributed by atoms with Crippen molar-refractivity contribution in [2.24, 2.45) is 11.3 Å². The van der Waals surface area contributed by atoms with Gasteiger partial charge in [-0.05, 0) is 37.1 Å². The number of likely N-dealkylation sites (N-methyl/N-ethyl adjacent to an activating group) is 1. The molecule has 0 spiro atoms. The minimum Gasteiger partial charge on any atom is -0.389 e. The van der Waals surface area contributed by atoms with Crippen LogP contribution < -0.4 is 0 Å². The van der Waals surface area contributed by atoms with Crippen molar-refractivity contribution in [3.05, 3.63) is 0 Å². The zero-order valence-corrected chi connectivity index (χ0v) is 15.1. The highest BCUT2D eigenvalue weighted by atomic mass is 16.5. The zero-order chi connectivity index (χ0) is 16.2. The molecule has 22 heavy (non-hydrogen) atoms. The Morgan fingerprint density at radius 3 is 2.36 bits per heavy atom. The molecule has 3 unspecified atom stereocenters. The van der Waals surface area contributed by atoms with Crippen molar-refractivity contribution in [2.75, 3.05) is 45.9 Å². The van der Waals surface area contributed by atoms with Gasteiger partial charge in [0.2, 0.25) is 0 Å². The van der Waals surface area contributed by atoms with Gasteiger partial charge in [-0.15, -0.1) is 0 Å². The van der Waals surface area contributed by atoms with E-state index < -0.39 is 0 Å². The summed E-state index contributed by atoms with van der Waals surface area (Å²) in [6.07, 6.45) is 3.53. The minimum absolute atomic E-state index is 0.324. The first-order chi connectivity index (χ1) is 10.4. The lowest BCUT2D eigenvalue weighted by Crippen LogP contribution is -2.49. The topological polar surface area (TPSA) is 35.9 Å². The fourth-order valence-electron chi connectivity index (χ4n) is 4.27. The van der Waals surface area contributed by atoms with E-state index in [1.54, 1.807) is 0 Å². The van der Waals surface area contributed by atoms with Gasteiger partial charge in [-0.2, -0.15) is 0 Å². The van der Waals surface area contributed by atoms with Gasteiger partial charge in [0.25, 0.3) is 0 Å². The number of ether oxygens (including phenoxy) is 1. The summed E-state index contributed by atoms with van der Waals surface area (Å²) in [5.41, 5.74) is 0.379. The maximum Gasteiger partial charge on any atom is 0.0900 e. The van der Waals surface area contributed by atoms with Gasteiger partial charge in [0, 0.05) is 32.7 Å². The maximum atomic E-state index is 10.3. The highest BCUT2D eigenvalue weighted by molar-refractivity contribution is 4.83. The third-order valence-electron chi connectivity index (χ3n) is 5.25. The Hall–Kier alpha value is -0.160. The molecule has 1 aliphatic heterocycles. The molecule has 0 bridgehead atoms. The Labute approximate surface area is 136 Å². The van der Waals surface area contributed by atoms with E-state index in [0.717, 1.165) is 58.0 Å². The molecule has 2 aliphatic rings. The van der Waals surface area contributed by atoms with E-state index in [1.807, 2.05) is 0 Å². The van der Waals surface area contributed by atoms with Crippen molar-refractivity contribution >= 4 is 0 Å². The Morgan fingerprint density at radius 2 is 1.77 bits per heavy atom. The van der Waals surface area contributed by atoms with E-state index in [9.17, 15) is 5.11 Å². The Kier molecular flexibility index (Phi) is 6.69. The molecule has 1 saturated carbocycles. The molecule has 1 N–H and O–H groups in total. The summed E-state index contributed by atoms with van der Waals surface area (Å²) in [7, 11) is 0. The number of aliphatic hydroxyl groups excluding tert-OH is 1. The van der Waals surface area contributed by atoms with Gasteiger partial charge in [-0.1, -0.05) is 27.7 Å². The van der Waals surface area contributed by atoms with E-state index >= 15 is 0 Å². The number of hydrogen-bond acceptors (Lipinski definition) is 4. The average Bonchev–Trinajstić information content (AvgIpc) is 2.44. The van der Waals surface area contributed by atoms with Crippen LogP contribution in [0.2, 0.25) is 0 Å². The standard InChI is InChI=1S/C18H36N2O2/c1-5-19-6-8-20(9-7-19)13-16(21)14-22-17-10-15(2)11-18(3,4)12-17/h15-17,21H,5-14H2,1-4H3. The van der Waals surface area contributed by atoms with Crippen LogP contribution in [0.3, 0.4) is 0 Å². The Balaban J connectivity index is 1.66. The van der Waals surface area contributed by atoms with Crippen LogP contribution >= 0.6 is 0 Å². The van der Waals surface area contributed by atoms with Crippen LogP contribution in [0.1, 0.15) is 47.0 Å². The largest absolute Gasteiger partial charge is 0.389 e. The summed E-state index contributed by atoms with van der Waals surface area (Å²) in [6.45, 7) is 16.0. The van der Waals surface area contributed by atoms with Crippen molar-refractivity contribution in [2.45, 2.75) is 59.2 Å². The Morgan fingerprint density at radius 1 is 1.14 bits per heavy atom. The number of aliphatic hydroxyl groups is 1. The molecule has 0 aromatic rings. The van der Waals surface area contributed by atoms with Gasteiger partial charge in [0.15, 0.2) is 0 Å². The summed E-state index contributed by atoms with van der Waals surface area (Å²) in [4.78, 5) is 4.83. The molecule has 2 rings (SSSR count). The molecular formula is C18H36N2O2. The van der Waals surface area contributed by atoms with Crippen molar-refractivity contribution < 1.29 is 9.84 Å². The molecule has 3 atom stereocenters. The van der Waals surface area contributed by atoms with Gasteiger partial charge in [0.1, 0.15) is 0 Å². The van der Waals surface area contributed by atoms with Crippen LogP contribution in [0.5, 0.6) is 0 Å². The second-order valence-electron chi connectivity index (χ2n) is 8.26. The lowest BCUT2D eigenvalue weighted by molar-refractivity contribution is -0.0632. The van der Waals surface area contributed by atoms with Gasteiger partial charge in [-0.3, -0.25) is 4.90 Å². The van der Waals surface area contributed by atoms with Gasteiger partial charge >= 0.3 is 0 Å². The quantitative estimate of drug-likeness (QED) is 0.816. The third kappa shape index (κ3) is 5.80. The van der Waals surface area contributed by atoms with E-state index in [4.69, 9.17) is 4.74 Å². The zero-order valence-electron chi connectivity index (χ0n) is 15.1. The molecule has 0 aromatic carbocycles. The number of rotatable bonds is 6. The van der Waals surface area contributed by atoms with E-state index in [1.165, 1.54) is 6.42 Å². The first-order valence-electron chi connectivity index (χ1n) is 9.12. The number of nitrogens with zero attached hydrogens (tertiary/aromatic N) is 2. The molecule has 0 aromatic heterocycles. The predicted octanol–water partition coefficient (Wildman–Crippen LogP) is 2.22. The smallest absolute Gasteiger partial charge is 0.0900 e. The van der Waals surface area contributed by atoms with Crippen LogP contribution in [-0.2, 0) is 4.74 Å². The normalized spacial score (nSPS) is 32.0. The second-order valence-corrected chi connectivity index (χ2v) is 8.26. The number of β-amino-alcohol motifs (C(OH)–C–C–N with tert-alkyl or cyclic N) is 1. The van der Waals surface area contributed by atoms with Gasteiger partial charge in [-0.25, -0.2) is 0 Å². The van der Waals surface area contributed by atoms with Crippen molar-refractivity contribution in [3.8, 4) is 0 Å². The molecule has 0 amide bonds. The highest BCUT2D eigenvalue weighted by Gasteiger charge is 2.32. The second kappa shape index (κ2) is 8.09. The number of piperazine rings is 1. The fourth-order valence-corrected chi connectivity index (χ4v) is 4.27. The molecule has 2 fully saturated rings. The highest BCUT2D eigenvalue weighted by Crippen LogP contribution is 2.39. The van der Waals surface area contributed by atoms with Crippen LogP contribution in [0.15, 0.2) is 0 Å². The average molecular weight is 312 g/mol.